The zero-order valence-electron chi connectivity index (χ0n) is 14.0. The van der Waals surface area contributed by atoms with E-state index in [4.69, 9.17) is 0 Å². The predicted octanol–water partition coefficient (Wildman–Crippen LogP) is 0.793. The van der Waals surface area contributed by atoms with Gasteiger partial charge in [-0.25, -0.2) is 14.9 Å². The number of imidazole rings is 1. The Hall–Kier alpha value is -3.10. The van der Waals surface area contributed by atoms with Gasteiger partial charge >= 0.3 is 6.03 Å². The van der Waals surface area contributed by atoms with Gasteiger partial charge in [0.15, 0.2) is 0 Å². The monoisotopic (exact) mass is 340 g/mol. The van der Waals surface area contributed by atoms with Crippen molar-refractivity contribution in [1.29, 1.82) is 0 Å². The molecule has 0 atom stereocenters. The molecule has 1 aliphatic rings. The molecule has 0 aliphatic carbocycles. The van der Waals surface area contributed by atoms with Crippen molar-refractivity contribution in [3.8, 4) is 0 Å². The number of H-pyrrole nitrogens is 1. The van der Waals surface area contributed by atoms with Gasteiger partial charge in [0.25, 0.3) is 0 Å². The minimum absolute atomic E-state index is 0.0644. The molecule has 1 aliphatic heterocycles. The number of amides is 2. The third kappa shape index (κ3) is 3.25. The van der Waals surface area contributed by atoms with Crippen LogP contribution in [0.15, 0.2) is 30.9 Å². The largest absolute Gasteiger partial charge is 0.338 e. The van der Waals surface area contributed by atoms with E-state index in [-0.39, 0.29) is 6.03 Å². The number of hydrogen-bond acceptors (Lipinski definition) is 5. The Bertz CT molecular complexity index is 864. The third-order valence-electron chi connectivity index (χ3n) is 4.34. The summed E-state index contributed by atoms with van der Waals surface area (Å²) in [5.74, 6) is 0.750. The second-order valence-electron chi connectivity index (χ2n) is 6.15. The fourth-order valence-corrected chi connectivity index (χ4v) is 2.99. The van der Waals surface area contributed by atoms with Gasteiger partial charge < -0.3 is 19.5 Å². The predicted molar refractivity (Wildman–Crippen MR) is 92.3 cm³/mol. The van der Waals surface area contributed by atoms with Gasteiger partial charge in [-0.2, -0.15) is 10.1 Å². The molecule has 1 fully saturated rings. The van der Waals surface area contributed by atoms with Gasteiger partial charge in [0, 0.05) is 38.6 Å². The lowest BCUT2D eigenvalue weighted by molar-refractivity contribution is 0.193. The summed E-state index contributed by atoms with van der Waals surface area (Å²) in [6.45, 7) is 5.22. The van der Waals surface area contributed by atoms with E-state index in [1.165, 1.54) is 11.9 Å². The van der Waals surface area contributed by atoms with Gasteiger partial charge in [-0.15, -0.1) is 0 Å². The van der Waals surface area contributed by atoms with Crippen LogP contribution in [0.25, 0.3) is 5.65 Å². The van der Waals surface area contributed by atoms with E-state index in [9.17, 15) is 4.79 Å². The molecule has 0 saturated carbocycles. The lowest BCUT2D eigenvalue weighted by Gasteiger charge is -2.34. The first-order valence-corrected chi connectivity index (χ1v) is 8.26. The number of hydrogen-bond donors (Lipinski definition) is 2. The van der Waals surface area contributed by atoms with Gasteiger partial charge in [0.05, 0.1) is 12.2 Å². The molecule has 9 nitrogen and oxygen atoms in total. The maximum Gasteiger partial charge on any atom is 0.317 e. The molecule has 0 radical (unpaired) electrons. The number of aromatic amines is 1. The van der Waals surface area contributed by atoms with E-state index in [2.05, 4.69) is 30.4 Å². The number of nitrogens with zero attached hydrogens (tertiary/aromatic N) is 6. The highest BCUT2D eigenvalue weighted by Crippen LogP contribution is 2.10. The van der Waals surface area contributed by atoms with E-state index in [1.807, 2.05) is 40.8 Å². The van der Waals surface area contributed by atoms with Crippen molar-refractivity contribution >= 4 is 17.6 Å². The molecule has 25 heavy (non-hydrogen) atoms. The van der Waals surface area contributed by atoms with Crippen LogP contribution in [0.5, 0.6) is 0 Å². The summed E-state index contributed by atoms with van der Waals surface area (Å²) in [6, 6.07) is 3.94. The number of aryl methyl sites for hydroxylation is 1. The lowest BCUT2D eigenvalue weighted by Crippen LogP contribution is -2.52. The molecule has 3 aromatic rings. The fraction of sp³-hybridized carbons (Fsp3) is 0.375. The van der Waals surface area contributed by atoms with Crippen molar-refractivity contribution in [3.05, 3.63) is 42.1 Å². The molecule has 2 N–H and O–H groups in total. The maximum absolute atomic E-state index is 12.4. The second-order valence-corrected chi connectivity index (χ2v) is 6.15. The Labute approximate surface area is 144 Å². The van der Waals surface area contributed by atoms with Crippen molar-refractivity contribution in [3.63, 3.8) is 0 Å². The average Bonchev–Trinajstić information content (AvgIpc) is 3.29. The highest BCUT2D eigenvalue weighted by molar-refractivity contribution is 5.74. The summed E-state index contributed by atoms with van der Waals surface area (Å²) in [6.07, 6.45) is 5.46. The minimum atomic E-state index is -0.0644. The number of urea groups is 1. The normalized spacial score (nSPS) is 14.9. The first-order chi connectivity index (χ1) is 12.2. The quantitative estimate of drug-likeness (QED) is 0.735. The number of carbonyl (C=O) groups is 1. The molecule has 2 amide bonds. The number of anilines is 1. The summed E-state index contributed by atoms with van der Waals surface area (Å²) in [7, 11) is 0. The van der Waals surface area contributed by atoms with Crippen LogP contribution in [0.1, 0.15) is 11.3 Å². The first-order valence-electron chi connectivity index (χ1n) is 8.26. The molecular formula is C16H20N8O. The molecule has 130 valence electrons. The number of carbonyl (C=O) groups excluding carboxylic acids is 1. The zero-order chi connectivity index (χ0) is 17.2. The Balaban J connectivity index is 1.31. The van der Waals surface area contributed by atoms with E-state index >= 15 is 0 Å². The van der Waals surface area contributed by atoms with Crippen molar-refractivity contribution in [2.75, 3.05) is 31.1 Å². The topological polar surface area (TPSA) is 94.4 Å². The van der Waals surface area contributed by atoms with Crippen LogP contribution in [0, 0.1) is 6.92 Å². The van der Waals surface area contributed by atoms with Crippen LogP contribution in [-0.2, 0) is 6.54 Å². The van der Waals surface area contributed by atoms with E-state index < -0.39 is 0 Å². The highest BCUT2D eigenvalue weighted by atomic mass is 16.2. The summed E-state index contributed by atoms with van der Waals surface area (Å²) in [5.41, 5.74) is 2.90. The van der Waals surface area contributed by atoms with Gasteiger partial charge in [0.2, 0.25) is 5.95 Å². The summed E-state index contributed by atoms with van der Waals surface area (Å²) < 4.78 is 1.98. The van der Waals surface area contributed by atoms with Crippen LogP contribution < -0.4 is 10.2 Å². The molecular weight excluding hydrogens is 320 g/mol. The maximum atomic E-state index is 12.4. The SMILES string of the molecule is Cc1ccc2nc(CNC(=O)N3CCN(c4ncn[nH]4)CC3)cn2c1. The lowest BCUT2D eigenvalue weighted by atomic mass is 10.3. The first kappa shape index (κ1) is 15.4. The number of aromatic nitrogens is 5. The molecule has 0 spiro atoms. The van der Waals surface area contributed by atoms with Crippen molar-refractivity contribution < 1.29 is 4.79 Å². The number of nitrogens with one attached hydrogen (secondary N) is 2. The molecule has 4 heterocycles. The molecule has 1 saturated heterocycles. The van der Waals surface area contributed by atoms with Crippen LogP contribution in [0.4, 0.5) is 10.7 Å². The van der Waals surface area contributed by atoms with Crippen LogP contribution >= 0.6 is 0 Å². The van der Waals surface area contributed by atoms with Crippen molar-refractivity contribution in [2.24, 2.45) is 0 Å². The average molecular weight is 340 g/mol. The number of piperazine rings is 1. The summed E-state index contributed by atoms with van der Waals surface area (Å²) >= 11 is 0. The minimum Gasteiger partial charge on any atom is -0.338 e. The second kappa shape index (κ2) is 6.42. The molecule has 9 heteroatoms. The molecule has 0 bridgehead atoms. The van der Waals surface area contributed by atoms with E-state index in [0.717, 1.165) is 30.4 Å². The molecule has 3 aromatic heterocycles. The van der Waals surface area contributed by atoms with E-state index in [0.29, 0.717) is 19.6 Å². The molecule has 4 rings (SSSR count). The Morgan fingerprint density at radius 1 is 1.24 bits per heavy atom. The smallest absolute Gasteiger partial charge is 0.317 e. The standard InChI is InChI=1S/C16H20N8O/c1-12-2-3-14-20-13(10-24(14)9-12)8-17-16(25)23-6-4-22(5-7-23)15-18-11-19-21-15/h2-3,9-11H,4-8H2,1H3,(H,17,25)(H,18,19,21). The molecule has 0 aromatic carbocycles. The third-order valence-corrected chi connectivity index (χ3v) is 4.34. The van der Waals surface area contributed by atoms with Gasteiger partial charge in [-0.3, -0.25) is 0 Å². The fourth-order valence-electron chi connectivity index (χ4n) is 2.99. The number of rotatable bonds is 3. The van der Waals surface area contributed by atoms with Gasteiger partial charge in [-0.1, -0.05) is 6.07 Å². The van der Waals surface area contributed by atoms with Gasteiger partial charge in [-0.05, 0) is 18.6 Å². The zero-order valence-corrected chi connectivity index (χ0v) is 14.0. The summed E-state index contributed by atoms with van der Waals surface area (Å²) in [4.78, 5) is 24.9. The molecule has 0 unspecified atom stereocenters. The Morgan fingerprint density at radius 3 is 2.84 bits per heavy atom. The van der Waals surface area contributed by atoms with Crippen molar-refractivity contribution in [2.45, 2.75) is 13.5 Å². The number of pyridine rings is 1. The van der Waals surface area contributed by atoms with Crippen LogP contribution in [0.3, 0.4) is 0 Å². The van der Waals surface area contributed by atoms with Crippen molar-refractivity contribution in [1.82, 2.24) is 34.8 Å². The summed E-state index contributed by atoms with van der Waals surface area (Å²) in [5, 5.41) is 9.66. The Kier molecular flexibility index (Phi) is 3.96. The van der Waals surface area contributed by atoms with Gasteiger partial charge in [0.1, 0.15) is 12.0 Å². The van der Waals surface area contributed by atoms with E-state index in [1.54, 1.807) is 0 Å². The Morgan fingerprint density at radius 2 is 2.08 bits per heavy atom. The van der Waals surface area contributed by atoms with Crippen LogP contribution in [-0.4, -0.2) is 61.7 Å². The van der Waals surface area contributed by atoms with Crippen LogP contribution in [0.2, 0.25) is 0 Å². The highest BCUT2D eigenvalue weighted by Gasteiger charge is 2.22. The number of fused-ring (bicyclic) bond motifs is 1.